The fraction of sp³-hybridized carbons (Fsp3) is 0.692. The average molecular weight is 1390 g/mol. The number of amides is 2. The third-order valence-corrected chi connectivity index (χ3v) is 23.5. The van der Waals surface area contributed by atoms with Crippen LogP contribution in [-0.2, 0) is 42.4 Å². The minimum atomic E-state index is -5.02. The highest BCUT2D eigenvalue weighted by molar-refractivity contribution is 8.77. The Hall–Kier alpha value is -5.74. The van der Waals surface area contributed by atoms with Gasteiger partial charge in [0.1, 0.15) is 56.5 Å². The molecule has 2 fully saturated rings. The molecule has 2 amide bonds. The van der Waals surface area contributed by atoms with Crippen LogP contribution in [0.5, 0.6) is 0 Å². The maximum absolute atomic E-state index is 13.9. The van der Waals surface area contributed by atoms with Crippen molar-refractivity contribution in [2.75, 3.05) is 85.8 Å². The summed E-state index contributed by atoms with van der Waals surface area (Å²) in [5.74, 6) is 7.40. The van der Waals surface area contributed by atoms with Gasteiger partial charge in [0.15, 0.2) is 26.2 Å². The standard InChI is InChI=1S/C52H74F6N16O12S4Si/c1-48(2,3)91(11,12)83-25-38-36(20-41(86-38)74-21-33(42(66-46(74)78)63-28-71(8)9)15-13-17-80-31-87-89-49(4,5)26-61-44(76)51(53,54)55)84-39(68-70-60)23-72(10)29-64-43-34(16-14-18-81-32-88-90-50(6,7)27-62-45(77)52(56,57)58)22-73(47(79)67-43)40-19-35(37(24-75)85-40)82-30-65-69-59/h21-22,28-29,35-41,75H,17-20,23-27,30-32H2,1-12H3,(H,61,76)(H,62,77)/t35?,36?,37-,38-,39?,40-,41-/m1/s1. The third-order valence-electron chi connectivity index (χ3n) is 13.1. The molecule has 7 atom stereocenters. The molecule has 4 heterocycles. The number of carbonyl (C=O) groups excluding carboxylic acids is 2. The fourth-order valence-corrected chi connectivity index (χ4v) is 12.7. The zero-order chi connectivity index (χ0) is 68.0. The molecule has 4 rings (SSSR count). The van der Waals surface area contributed by atoms with Crippen molar-refractivity contribution in [1.29, 1.82) is 0 Å². The Labute approximate surface area is 538 Å². The first-order valence-electron chi connectivity index (χ1n) is 27.5. The topological polar surface area (TPSA) is 342 Å². The zero-order valence-electron chi connectivity index (χ0n) is 51.9. The number of nitrogens with one attached hydrogen (secondary N) is 2. The lowest BCUT2D eigenvalue weighted by Crippen LogP contribution is -2.44. The van der Waals surface area contributed by atoms with Crippen LogP contribution in [0.15, 0.2) is 42.2 Å². The average Bonchev–Trinajstić information content (AvgIpc) is 1.75. The van der Waals surface area contributed by atoms with Crippen LogP contribution in [0.2, 0.25) is 18.1 Å². The Bertz CT molecular complexity index is 3200. The number of carbonyl (C=O) groups is 2. The van der Waals surface area contributed by atoms with Crippen LogP contribution in [0.1, 0.15) is 84.9 Å². The summed E-state index contributed by atoms with van der Waals surface area (Å²) < 4.78 is 119. The van der Waals surface area contributed by atoms with Crippen LogP contribution in [0.3, 0.4) is 0 Å². The summed E-state index contributed by atoms with van der Waals surface area (Å²) in [5, 5.41) is 20.8. The van der Waals surface area contributed by atoms with Crippen molar-refractivity contribution in [3.05, 3.63) is 65.4 Å². The Kier molecular flexibility index (Phi) is 30.3. The fourth-order valence-electron chi connectivity index (χ4n) is 7.46. The predicted octanol–water partition coefficient (Wildman–Crippen LogP) is 7.91. The number of alkyl halides is 6. The van der Waals surface area contributed by atoms with E-state index in [9.17, 15) is 56.2 Å². The lowest BCUT2D eigenvalue weighted by Gasteiger charge is -2.37. The van der Waals surface area contributed by atoms with E-state index in [-0.39, 0.29) is 98.7 Å². The second-order valence-corrected chi connectivity index (χ2v) is 33.6. The first-order valence-corrected chi connectivity index (χ1v) is 35.1. The van der Waals surface area contributed by atoms with Crippen LogP contribution in [0, 0.1) is 23.7 Å². The highest BCUT2D eigenvalue weighted by Gasteiger charge is 2.44. The number of aliphatic hydroxyl groups is 1. The molecule has 0 spiro atoms. The Morgan fingerprint density at radius 3 is 1.74 bits per heavy atom. The molecule has 0 aromatic carbocycles. The molecule has 2 aromatic heterocycles. The van der Waals surface area contributed by atoms with Gasteiger partial charge in [-0.15, -0.1) is 0 Å². The lowest BCUT2D eigenvalue weighted by atomic mass is 10.2. The summed E-state index contributed by atoms with van der Waals surface area (Å²) in [7, 11) is 7.33. The number of aromatic nitrogens is 4. The summed E-state index contributed by atoms with van der Waals surface area (Å²) in [6, 6.07) is 0. The Morgan fingerprint density at radius 1 is 0.802 bits per heavy atom. The van der Waals surface area contributed by atoms with Crippen LogP contribution in [0.4, 0.5) is 38.0 Å². The summed E-state index contributed by atoms with van der Waals surface area (Å²) in [6.45, 7) is 15.1. The second kappa shape index (κ2) is 35.5. The van der Waals surface area contributed by atoms with Crippen molar-refractivity contribution >= 4 is 87.6 Å². The minimum absolute atomic E-state index is 0.00879. The number of aliphatic imine (C=N–C) groups is 2. The van der Waals surface area contributed by atoms with Crippen molar-refractivity contribution in [3.8, 4) is 23.7 Å². The molecule has 2 aliphatic rings. The van der Waals surface area contributed by atoms with Crippen molar-refractivity contribution in [1.82, 2.24) is 39.5 Å². The number of nitrogens with zero attached hydrogens (tertiary/aromatic N) is 14. The molecule has 0 aliphatic carbocycles. The number of azide groups is 2. The number of halogens is 6. The SMILES string of the molecule is CN(C)C=Nc1nc(=O)n([C@H]2CC(OC(CN(C)C=Nc3nc(=O)n([C@H]4CC(OCN=[N+]=[N-])[C@@H](CO)O4)cc3C#CCOCSSC(C)(C)CNC(=O)C(F)(F)F)N=[N+]=[N-])[C@@H](CO[Si](C)(C)C(C)(C)C)O2)cc1C#CCOCSSC(C)(C)CNC(=O)C(F)(F)F. The molecule has 2 aromatic rings. The van der Waals surface area contributed by atoms with Gasteiger partial charge in [-0.1, -0.05) is 97.9 Å². The molecular weight excluding hydrogens is 1310 g/mol. The van der Waals surface area contributed by atoms with E-state index < -0.39 is 103 Å². The molecule has 39 heteroatoms. The summed E-state index contributed by atoms with van der Waals surface area (Å²) >= 11 is 0. The molecule has 504 valence electrons. The molecule has 0 saturated carbocycles. The monoisotopic (exact) mass is 1380 g/mol. The van der Waals surface area contributed by atoms with Crippen molar-refractivity contribution in [3.63, 3.8) is 0 Å². The van der Waals surface area contributed by atoms with E-state index in [1.165, 1.54) is 77.7 Å². The van der Waals surface area contributed by atoms with Crippen molar-refractivity contribution in [2.24, 2.45) is 20.2 Å². The van der Waals surface area contributed by atoms with Crippen LogP contribution in [0.25, 0.3) is 20.9 Å². The lowest BCUT2D eigenvalue weighted by molar-refractivity contribution is -0.173. The van der Waals surface area contributed by atoms with Gasteiger partial charge in [-0.3, -0.25) is 18.7 Å². The quantitative estimate of drug-likeness (QED) is 0.00535. The molecule has 0 radical (unpaired) electrons. The van der Waals surface area contributed by atoms with E-state index in [0.29, 0.717) is 0 Å². The van der Waals surface area contributed by atoms with Gasteiger partial charge in [-0.05, 0) is 56.9 Å². The largest absolute Gasteiger partial charge is 0.471 e. The number of hydrogen-bond donors (Lipinski definition) is 3. The maximum atomic E-state index is 13.9. The van der Waals surface area contributed by atoms with Gasteiger partial charge in [-0.25, -0.2) is 19.6 Å². The van der Waals surface area contributed by atoms with E-state index >= 15 is 0 Å². The normalized spacial score (nSPS) is 19.2. The molecule has 0 bridgehead atoms. The van der Waals surface area contributed by atoms with Crippen LogP contribution in [-0.4, -0.2) is 205 Å². The van der Waals surface area contributed by atoms with Crippen LogP contribution < -0.4 is 22.0 Å². The molecule has 2 saturated heterocycles. The van der Waals surface area contributed by atoms with Gasteiger partial charge in [0, 0.05) is 78.8 Å². The Morgan fingerprint density at radius 2 is 1.29 bits per heavy atom. The number of ether oxygens (including phenoxy) is 6. The summed E-state index contributed by atoms with van der Waals surface area (Å²) in [6.07, 6.45) is -11.2. The minimum Gasteiger partial charge on any atom is -0.414 e. The van der Waals surface area contributed by atoms with Crippen molar-refractivity contribution < 1.29 is 73.9 Å². The molecule has 28 nitrogen and oxygen atoms in total. The first-order chi connectivity index (χ1) is 42.5. The van der Waals surface area contributed by atoms with E-state index in [1.807, 2.05) is 23.7 Å². The first kappa shape index (κ1) is 77.7. The smallest absolute Gasteiger partial charge is 0.414 e. The number of rotatable bonds is 32. The third kappa shape index (κ3) is 26.3. The van der Waals surface area contributed by atoms with E-state index in [2.05, 4.69) is 84.5 Å². The summed E-state index contributed by atoms with van der Waals surface area (Å²) in [5.41, 5.74) is 17.3. The van der Waals surface area contributed by atoms with E-state index in [1.54, 1.807) is 53.7 Å². The van der Waals surface area contributed by atoms with Gasteiger partial charge < -0.3 is 58.4 Å². The van der Waals surface area contributed by atoms with Gasteiger partial charge in [0.2, 0.25) is 0 Å². The molecule has 3 N–H and O–H groups in total. The number of aliphatic hydroxyl groups excluding tert-OH is 1. The molecular formula is C52H74F6N16O12S4Si. The van der Waals surface area contributed by atoms with Crippen molar-refractivity contribution in [2.45, 2.75) is 144 Å². The zero-order valence-corrected chi connectivity index (χ0v) is 56.2. The molecule has 3 unspecified atom stereocenters. The Balaban J connectivity index is 1.59. The van der Waals surface area contributed by atoms with Gasteiger partial charge >= 0.3 is 35.5 Å². The molecule has 91 heavy (non-hydrogen) atoms. The number of hydrogen-bond acceptors (Lipinski definition) is 22. The summed E-state index contributed by atoms with van der Waals surface area (Å²) in [4.78, 5) is 76.2. The second-order valence-electron chi connectivity index (χ2n) is 22.9. The van der Waals surface area contributed by atoms with Crippen LogP contribution >= 0.6 is 43.2 Å². The highest BCUT2D eigenvalue weighted by atomic mass is 33.1. The highest BCUT2D eigenvalue weighted by Crippen LogP contribution is 2.40. The predicted molar refractivity (Wildman–Crippen MR) is 336 cm³/mol. The number of likely N-dealkylation sites (N-methyl/N-ethyl adjacent to an activating group) is 1. The van der Waals surface area contributed by atoms with E-state index in [4.69, 9.17) is 38.4 Å². The van der Waals surface area contributed by atoms with Gasteiger partial charge in [0.05, 0.1) is 55.8 Å². The maximum Gasteiger partial charge on any atom is 0.471 e. The van der Waals surface area contributed by atoms with Gasteiger partial charge in [0.25, 0.3) is 0 Å². The molecule has 2 aliphatic heterocycles. The van der Waals surface area contributed by atoms with Gasteiger partial charge in [-0.2, -0.15) is 36.3 Å². The van der Waals surface area contributed by atoms with E-state index in [0.717, 1.165) is 4.57 Å².